The molecule has 4 aromatic rings. The van der Waals surface area contributed by atoms with E-state index < -0.39 is 6.36 Å². The number of hydrogen-bond donors (Lipinski definition) is 1. The van der Waals surface area contributed by atoms with Crippen LogP contribution in [0.3, 0.4) is 0 Å². The van der Waals surface area contributed by atoms with E-state index >= 15 is 0 Å². The zero-order chi connectivity index (χ0) is 23.6. The van der Waals surface area contributed by atoms with Crippen molar-refractivity contribution in [2.75, 3.05) is 26.6 Å². The van der Waals surface area contributed by atoms with Gasteiger partial charge in [0.2, 0.25) is 11.7 Å². The molecular weight excluding hydrogens is 443 g/mol. The maximum atomic E-state index is 12.3. The minimum absolute atomic E-state index is 0.223. The number of rotatable bonds is 7. The van der Waals surface area contributed by atoms with E-state index in [1.165, 1.54) is 50.1 Å². The van der Waals surface area contributed by atoms with Crippen LogP contribution in [0.1, 0.15) is 0 Å². The Balaban J connectivity index is 1.67. The molecule has 0 atom stereocenters. The number of alkyl halides is 3. The fourth-order valence-electron chi connectivity index (χ4n) is 3.15. The minimum Gasteiger partial charge on any atom is -0.493 e. The molecule has 0 radical (unpaired) electrons. The molecule has 9 nitrogen and oxygen atoms in total. The number of hydrogen-bond acceptors (Lipinski definition) is 8. The summed E-state index contributed by atoms with van der Waals surface area (Å²) in [6, 6.07) is 10.4. The second kappa shape index (κ2) is 8.73. The Morgan fingerprint density at radius 1 is 0.909 bits per heavy atom. The molecule has 1 N–H and O–H groups in total. The fraction of sp³-hybridized carbons (Fsp3) is 0.190. The van der Waals surface area contributed by atoms with Crippen molar-refractivity contribution >= 4 is 17.3 Å². The Morgan fingerprint density at radius 3 is 2.15 bits per heavy atom. The minimum atomic E-state index is -4.76. The number of methoxy groups -OCH3 is 3. The monoisotopic (exact) mass is 461 g/mol. The predicted molar refractivity (Wildman–Crippen MR) is 112 cm³/mol. The number of anilines is 2. The third-order valence-electron chi connectivity index (χ3n) is 4.52. The van der Waals surface area contributed by atoms with Crippen LogP contribution in [0.2, 0.25) is 0 Å². The van der Waals surface area contributed by atoms with Crippen LogP contribution in [-0.2, 0) is 0 Å². The zero-order valence-electron chi connectivity index (χ0n) is 17.7. The van der Waals surface area contributed by atoms with Crippen molar-refractivity contribution in [3.05, 3.63) is 48.7 Å². The van der Waals surface area contributed by atoms with Crippen LogP contribution < -0.4 is 24.3 Å². The quantitative estimate of drug-likeness (QED) is 0.431. The highest BCUT2D eigenvalue weighted by Crippen LogP contribution is 2.40. The molecule has 2 aromatic carbocycles. The van der Waals surface area contributed by atoms with E-state index in [-0.39, 0.29) is 11.7 Å². The van der Waals surface area contributed by atoms with Gasteiger partial charge in [-0.3, -0.25) is 0 Å². The normalized spacial score (nSPS) is 11.3. The van der Waals surface area contributed by atoms with Crippen LogP contribution in [0.5, 0.6) is 23.0 Å². The topological polar surface area (TPSA) is 92.0 Å². The Labute approximate surface area is 185 Å². The fourth-order valence-corrected chi connectivity index (χ4v) is 3.15. The highest BCUT2D eigenvalue weighted by atomic mass is 19.4. The first-order valence-electron chi connectivity index (χ1n) is 9.46. The molecule has 172 valence electrons. The number of benzene rings is 2. The van der Waals surface area contributed by atoms with E-state index in [4.69, 9.17) is 14.2 Å². The van der Waals surface area contributed by atoms with Crippen molar-refractivity contribution in [3.63, 3.8) is 0 Å². The van der Waals surface area contributed by atoms with Crippen LogP contribution >= 0.6 is 0 Å². The average Bonchev–Trinajstić information content (AvgIpc) is 3.20. The van der Waals surface area contributed by atoms with Gasteiger partial charge in [0.05, 0.1) is 21.3 Å². The summed E-state index contributed by atoms with van der Waals surface area (Å²) in [5.41, 5.74) is 1.61. The number of halogens is 3. The van der Waals surface area contributed by atoms with E-state index in [2.05, 4.69) is 25.1 Å². The largest absolute Gasteiger partial charge is 0.573 e. The molecule has 2 aromatic heterocycles. The van der Waals surface area contributed by atoms with Gasteiger partial charge < -0.3 is 24.3 Å². The molecule has 0 fully saturated rings. The SMILES string of the molecule is COc1cc(-c2nccc3nc(Nc4ccc(OC(F)(F)F)cc4)nn23)cc(OC)c1OC. The smallest absolute Gasteiger partial charge is 0.493 e. The molecule has 0 saturated heterocycles. The highest BCUT2D eigenvalue weighted by molar-refractivity contribution is 5.68. The van der Waals surface area contributed by atoms with E-state index in [1.807, 2.05) is 0 Å². The van der Waals surface area contributed by atoms with Crippen molar-refractivity contribution in [2.24, 2.45) is 0 Å². The van der Waals surface area contributed by atoms with Crippen LogP contribution in [0.15, 0.2) is 48.7 Å². The summed E-state index contributed by atoms with van der Waals surface area (Å²) in [4.78, 5) is 8.80. The lowest BCUT2D eigenvalue weighted by atomic mass is 10.1. The summed E-state index contributed by atoms with van der Waals surface area (Å²) < 4.78 is 58.6. The van der Waals surface area contributed by atoms with Crippen molar-refractivity contribution in [2.45, 2.75) is 6.36 Å². The molecule has 4 rings (SSSR count). The van der Waals surface area contributed by atoms with Crippen molar-refractivity contribution in [1.82, 2.24) is 19.6 Å². The van der Waals surface area contributed by atoms with Crippen molar-refractivity contribution in [1.29, 1.82) is 0 Å². The van der Waals surface area contributed by atoms with Gasteiger partial charge in [0.25, 0.3) is 0 Å². The maximum absolute atomic E-state index is 12.3. The third kappa shape index (κ3) is 4.68. The van der Waals surface area contributed by atoms with Gasteiger partial charge in [0, 0.05) is 23.5 Å². The van der Waals surface area contributed by atoms with Gasteiger partial charge in [-0.2, -0.15) is 9.50 Å². The first-order chi connectivity index (χ1) is 15.8. The number of nitrogens with one attached hydrogen (secondary N) is 1. The predicted octanol–water partition coefficient (Wildman–Crippen LogP) is 4.46. The molecule has 0 aliphatic carbocycles. The van der Waals surface area contributed by atoms with E-state index in [1.54, 1.807) is 24.4 Å². The standard InChI is InChI=1S/C21H18F3N5O4/c1-30-15-10-12(11-16(31-2)18(15)32-3)19-25-9-8-17-27-20(28-29(17)19)26-13-4-6-14(7-5-13)33-21(22,23)24/h4-11H,1-3H3,(H,26,28). The third-order valence-corrected chi connectivity index (χ3v) is 4.52. The van der Waals surface area contributed by atoms with Crippen molar-refractivity contribution < 1.29 is 32.1 Å². The Bertz CT molecular complexity index is 1250. The maximum Gasteiger partial charge on any atom is 0.573 e. The molecule has 2 heterocycles. The van der Waals surface area contributed by atoms with Crippen LogP contribution in [-0.4, -0.2) is 47.3 Å². The molecular formula is C21H18F3N5O4. The van der Waals surface area contributed by atoms with Gasteiger partial charge in [-0.1, -0.05) is 0 Å². The van der Waals surface area contributed by atoms with Gasteiger partial charge >= 0.3 is 6.36 Å². The van der Waals surface area contributed by atoms with Crippen molar-refractivity contribution in [3.8, 4) is 34.4 Å². The Kier molecular flexibility index (Phi) is 5.82. The first kappa shape index (κ1) is 22.0. The van der Waals surface area contributed by atoms with Crippen LogP contribution in [0, 0.1) is 0 Å². The molecule has 33 heavy (non-hydrogen) atoms. The molecule has 12 heteroatoms. The number of fused-ring (bicyclic) bond motifs is 1. The summed E-state index contributed by atoms with van der Waals surface area (Å²) >= 11 is 0. The molecule has 0 amide bonds. The lowest BCUT2D eigenvalue weighted by molar-refractivity contribution is -0.274. The summed E-state index contributed by atoms with van der Waals surface area (Å²) in [7, 11) is 4.53. The molecule has 0 spiro atoms. The Morgan fingerprint density at radius 2 is 1.58 bits per heavy atom. The van der Waals surface area contributed by atoms with Gasteiger partial charge in [0.15, 0.2) is 23.0 Å². The van der Waals surface area contributed by atoms with E-state index in [9.17, 15) is 13.2 Å². The van der Waals surface area contributed by atoms with Gasteiger partial charge in [-0.25, -0.2) is 4.98 Å². The lowest BCUT2D eigenvalue weighted by Gasteiger charge is -2.14. The first-order valence-corrected chi connectivity index (χ1v) is 9.46. The summed E-state index contributed by atoms with van der Waals surface area (Å²) in [6.07, 6.45) is -3.18. The number of aromatic nitrogens is 4. The molecule has 0 bridgehead atoms. The van der Waals surface area contributed by atoms with Crippen LogP contribution in [0.25, 0.3) is 17.0 Å². The molecule has 0 aliphatic heterocycles. The zero-order valence-corrected chi connectivity index (χ0v) is 17.7. The lowest BCUT2D eigenvalue weighted by Crippen LogP contribution is -2.16. The van der Waals surface area contributed by atoms with Crippen LogP contribution in [0.4, 0.5) is 24.8 Å². The Hall–Kier alpha value is -4.22. The molecule has 0 unspecified atom stereocenters. The van der Waals surface area contributed by atoms with Gasteiger partial charge in [-0.15, -0.1) is 18.3 Å². The number of nitrogens with zero attached hydrogens (tertiary/aromatic N) is 4. The average molecular weight is 461 g/mol. The summed E-state index contributed by atoms with van der Waals surface area (Å²) in [5.74, 6) is 1.69. The van der Waals surface area contributed by atoms with Gasteiger partial charge in [0.1, 0.15) is 5.75 Å². The highest BCUT2D eigenvalue weighted by Gasteiger charge is 2.31. The summed E-state index contributed by atoms with van der Waals surface area (Å²) in [6.45, 7) is 0. The second-order valence-corrected chi connectivity index (χ2v) is 6.59. The van der Waals surface area contributed by atoms with E-state index in [0.29, 0.717) is 40.0 Å². The molecule has 0 aliphatic rings. The number of ether oxygens (including phenoxy) is 4. The van der Waals surface area contributed by atoms with E-state index in [0.717, 1.165) is 0 Å². The second-order valence-electron chi connectivity index (χ2n) is 6.59. The summed E-state index contributed by atoms with van der Waals surface area (Å²) in [5, 5.41) is 7.38. The molecule has 0 saturated carbocycles. The van der Waals surface area contributed by atoms with Gasteiger partial charge in [-0.05, 0) is 36.4 Å².